The first kappa shape index (κ1) is 19.7. The fourth-order valence-corrected chi connectivity index (χ4v) is 3.62. The minimum absolute atomic E-state index is 0.236. The molecule has 0 N–H and O–H groups in total. The highest BCUT2D eigenvalue weighted by Gasteiger charge is 2.26. The zero-order chi connectivity index (χ0) is 20.9. The number of ether oxygens (including phenoxy) is 2. The number of nitrogens with zero attached hydrogens (tertiary/aromatic N) is 5. The molecule has 1 aliphatic heterocycles. The van der Waals surface area contributed by atoms with Gasteiger partial charge in [-0.3, -0.25) is 4.98 Å². The van der Waals surface area contributed by atoms with Crippen molar-refractivity contribution < 1.29 is 14.3 Å². The lowest BCUT2D eigenvalue weighted by atomic mass is 10.1. The molecule has 0 radical (unpaired) electrons. The molecule has 0 aromatic carbocycles. The Morgan fingerprint density at radius 2 is 2.10 bits per heavy atom. The summed E-state index contributed by atoms with van der Waals surface area (Å²) in [4.78, 5) is 26.9. The van der Waals surface area contributed by atoms with Crippen molar-refractivity contribution >= 4 is 17.1 Å². The molecule has 1 saturated heterocycles. The number of aryl methyl sites for hydroxylation is 1. The molecule has 0 unspecified atom stereocenters. The van der Waals surface area contributed by atoms with Gasteiger partial charge in [-0.1, -0.05) is 0 Å². The van der Waals surface area contributed by atoms with Crippen LogP contribution >= 0.6 is 0 Å². The minimum Gasteiger partial charge on any atom is -0.448 e. The second-order valence-electron chi connectivity index (χ2n) is 7.11. The van der Waals surface area contributed by atoms with Crippen LogP contribution in [0.5, 0.6) is 11.6 Å². The van der Waals surface area contributed by atoms with Crippen LogP contribution in [-0.2, 0) is 4.74 Å². The first-order valence-corrected chi connectivity index (χ1v) is 9.93. The van der Waals surface area contributed by atoms with Crippen molar-refractivity contribution in [3.63, 3.8) is 0 Å². The molecule has 0 atom stereocenters. The van der Waals surface area contributed by atoms with E-state index in [-0.39, 0.29) is 18.7 Å². The number of fused-ring (bicyclic) bond motifs is 1. The summed E-state index contributed by atoms with van der Waals surface area (Å²) in [5, 5.41) is 0.844. The standard InChI is InChI=1S/C22H23N5O3/c1-3-4-14-29-22(28)26-11-7-17(8-12-26)27-13-9-18-20(27)24-15-25-21(18)30-19-6-5-10-23-16(19)2/h1,5-6,9-10,13,15,17H,4,7-8,11-12,14H2,2H3. The molecule has 1 aliphatic rings. The van der Waals surface area contributed by atoms with Crippen LogP contribution in [0.25, 0.3) is 11.0 Å². The lowest BCUT2D eigenvalue weighted by Gasteiger charge is -2.32. The summed E-state index contributed by atoms with van der Waals surface area (Å²) >= 11 is 0. The average molecular weight is 405 g/mol. The third-order valence-corrected chi connectivity index (χ3v) is 5.23. The molecule has 154 valence electrons. The highest BCUT2D eigenvalue weighted by molar-refractivity contribution is 5.81. The highest BCUT2D eigenvalue weighted by atomic mass is 16.6. The van der Waals surface area contributed by atoms with Gasteiger partial charge < -0.3 is 18.9 Å². The van der Waals surface area contributed by atoms with Crippen LogP contribution in [-0.4, -0.2) is 50.2 Å². The number of terminal acetylenes is 1. The Morgan fingerprint density at radius 3 is 2.87 bits per heavy atom. The number of rotatable bonds is 5. The molecule has 1 fully saturated rings. The molecule has 3 aromatic heterocycles. The maximum absolute atomic E-state index is 12.1. The fraction of sp³-hybridized carbons (Fsp3) is 0.364. The first-order valence-electron chi connectivity index (χ1n) is 9.93. The van der Waals surface area contributed by atoms with E-state index in [0.29, 0.717) is 31.1 Å². The Bertz CT molecular complexity index is 1080. The normalized spacial score (nSPS) is 14.5. The van der Waals surface area contributed by atoms with Gasteiger partial charge in [-0.2, -0.15) is 0 Å². The summed E-state index contributed by atoms with van der Waals surface area (Å²) in [6.07, 6.45) is 12.2. The molecule has 0 bridgehead atoms. The quantitative estimate of drug-likeness (QED) is 0.475. The summed E-state index contributed by atoms with van der Waals surface area (Å²) in [5.41, 5.74) is 1.61. The third kappa shape index (κ3) is 4.06. The predicted molar refractivity (Wildman–Crippen MR) is 111 cm³/mol. The van der Waals surface area contributed by atoms with Gasteiger partial charge >= 0.3 is 6.09 Å². The Morgan fingerprint density at radius 1 is 1.27 bits per heavy atom. The molecule has 4 heterocycles. The number of amides is 1. The van der Waals surface area contributed by atoms with Crippen LogP contribution in [0, 0.1) is 19.3 Å². The largest absolute Gasteiger partial charge is 0.448 e. The lowest BCUT2D eigenvalue weighted by Crippen LogP contribution is -2.39. The summed E-state index contributed by atoms with van der Waals surface area (Å²) in [6, 6.07) is 5.90. The van der Waals surface area contributed by atoms with Crippen LogP contribution < -0.4 is 4.74 Å². The second-order valence-corrected chi connectivity index (χ2v) is 7.11. The van der Waals surface area contributed by atoms with Crippen molar-refractivity contribution in [2.45, 2.75) is 32.2 Å². The molecular weight excluding hydrogens is 382 g/mol. The molecule has 30 heavy (non-hydrogen) atoms. The molecule has 0 spiro atoms. The minimum atomic E-state index is -0.300. The zero-order valence-electron chi connectivity index (χ0n) is 16.8. The van der Waals surface area contributed by atoms with Gasteiger partial charge in [-0.05, 0) is 38.0 Å². The second kappa shape index (κ2) is 8.82. The van der Waals surface area contributed by atoms with Crippen LogP contribution in [0.4, 0.5) is 4.79 Å². The van der Waals surface area contributed by atoms with Gasteiger partial charge in [0.1, 0.15) is 18.6 Å². The van der Waals surface area contributed by atoms with Gasteiger partial charge in [-0.15, -0.1) is 12.3 Å². The molecule has 0 aliphatic carbocycles. The maximum Gasteiger partial charge on any atom is 0.409 e. The molecule has 0 saturated carbocycles. The Balaban J connectivity index is 1.47. The smallest absolute Gasteiger partial charge is 0.409 e. The average Bonchev–Trinajstić information content (AvgIpc) is 3.21. The third-order valence-electron chi connectivity index (χ3n) is 5.23. The molecular formula is C22H23N5O3. The van der Waals surface area contributed by atoms with Gasteiger partial charge in [0.25, 0.3) is 0 Å². The van der Waals surface area contributed by atoms with E-state index in [0.717, 1.165) is 29.6 Å². The summed E-state index contributed by atoms with van der Waals surface area (Å²) in [7, 11) is 0. The Labute approximate surface area is 174 Å². The van der Waals surface area contributed by atoms with E-state index in [1.165, 1.54) is 6.33 Å². The number of aromatic nitrogens is 4. The van der Waals surface area contributed by atoms with E-state index < -0.39 is 0 Å². The molecule has 8 nitrogen and oxygen atoms in total. The number of hydrogen-bond donors (Lipinski definition) is 0. The molecule has 4 rings (SSSR count). The number of carbonyl (C=O) groups excluding carboxylic acids is 1. The van der Waals surface area contributed by atoms with Crippen molar-refractivity contribution in [1.82, 2.24) is 24.4 Å². The van der Waals surface area contributed by atoms with Gasteiger partial charge in [0.15, 0.2) is 5.75 Å². The van der Waals surface area contributed by atoms with E-state index in [1.807, 2.05) is 31.3 Å². The molecule has 1 amide bonds. The number of pyridine rings is 1. The van der Waals surface area contributed by atoms with Crippen molar-refractivity contribution in [2.75, 3.05) is 19.7 Å². The Kier molecular flexibility index (Phi) is 5.80. The fourth-order valence-electron chi connectivity index (χ4n) is 3.62. The van der Waals surface area contributed by atoms with Gasteiger partial charge in [0.05, 0.1) is 11.1 Å². The molecule has 8 heteroatoms. The van der Waals surface area contributed by atoms with E-state index in [2.05, 4.69) is 25.4 Å². The first-order chi connectivity index (χ1) is 14.7. The lowest BCUT2D eigenvalue weighted by molar-refractivity contribution is 0.0906. The van der Waals surface area contributed by atoms with Crippen LogP contribution in [0.1, 0.15) is 31.0 Å². The number of carbonyl (C=O) groups is 1. The number of hydrogen-bond acceptors (Lipinski definition) is 6. The van der Waals surface area contributed by atoms with Crippen LogP contribution in [0.3, 0.4) is 0 Å². The summed E-state index contributed by atoms with van der Waals surface area (Å²) in [6.45, 7) is 3.41. The van der Waals surface area contributed by atoms with E-state index in [9.17, 15) is 4.79 Å². The van der Waals surface area contributed by atoms with Crippen LogP contribution in [0.15, 0.2) is 36.9 Å². The van der Waals surface area contributed by atoms with Crippen molar-refractivity contribution in [1.29, 1.82) is 0 Å². The molecule has 3 aromatic rings. The predicted octanol–water partition coefficient (Wildman–Crippen LogP) is 3.72. The Hall–Kier alpha value is -3.60. The van der Waals surface area contributed by atoms with Crippen molar-refractivity contribution in [2.24, 2.45) is 0 Å². The topological polar surface area (TPSA) is 82.4 Å². The SMILES string of the molecule is C#CCCOC(=O)N1CCC(n2ccc3c(Oc4cccnc4C)ncnc32)CC1. The van der Waals surface area contributed by atoms with Gasteiger partial charge in [0, 0.05) is 37.9 Å². The number of piperidine rings is 1. The maximum atomic E-state index is 12.1. The number of likely N-dealkylation sites (tertiary alicyclic amines) is 1. The van der Waals surface area contributed by atoms with Gasteiger partial charge in [0.2, 0.25) is 5.88 Å². The summed E-state index contributed by atoms with van der Waals surface area (Å²) in [5.74, 6) is 3.64. The highest BCUT2D eigenvalue weighted by Crippen LogP contribution is 2.32. The monoisotopic (exact) mass is 405 g/mol. The van der Waals surface area contributed by atoms with E-state index >= 15 is 0 Å². The van der Waals surface area contributed by atoms with Gasteiger partial charge in [-0.25, -0.2) is 14.8 Å². The van der Waals surface area contributed by atoms with Crippen molar-refractivity contribution in [3.05, 3.63) is 42.6 Å². The zero-order valence-corrected chi connectivity index (χ0v) is 16.8. The van der Waals surface area contributed by atoms with Crippen LogP contribution in [0.2, 0.25) is 0 Å². The van der Waals surface area contributed by atoms with E-state index in [4.69, 9.17) is 15.9 Å². The van der Waals surface area contributed by atoms with Crippen molar-refractivity contribution in [3.8, 4) is 24.0 Å². The van der Waals surface area contributed by atoms with E-state index in [1.54, 1.807) is 11.1 Å². The summed E-state index contributed by atoms with van der Waals surface area (Å²) < 4.78 is 13.3.